The van der Waals surface area contributed by atoms with Gasteiger partial charge in [-0.15, -0.1) is 0 Å². The number of fused-ring (bicyclic) bond motifs is 3. The molecule has 0 aromatic heterocycles. The van der Waals surface area contributed by atoms with Gasteiger partial charge in [-0.05, 0) is 98.4 Å². The van der Waals surface area contributed by atoms with E-state index in [2.05, 4.69) is 77.9 Å². The van der Waals surface area contributed by atoms with E-state index in [4.69, 9.17) is 0 Å². The number of allylic oxidation sites excluding steroid dienone is 4. The third kappa shape index (κ3) is 4.33. The fourth-order valence-corrected chi connectivity index (χ4v) is 8.81. The number of benzene rings is 2. The molecule has 3 atom stereocenters. The second-order valence-corrected chi connectivity index (χ2v) is 15.2. The first-order valence-electron chi connectivity index (χ1n) is 15.8. The van der Waals surface area contributed by atoms with E-state index in [9.17, 15) is 14.4 Å². The number of carbonyl (C=O) groups excluding carboxylic acids is 3. The summed E-state index contributed by atoms with van der Waals surface area (Å²) in [5.41, 5.74) is 7.99. The van der Waals surface area contributed by atoms with Gasteiger partial charge in [0.2, 0.25) is 0 Å². The summed E-state index contributed by atoms with van der Waals surface area (Å²) in [6, 6.07) is 13.3. The molecule has 3 aliphatic rings. The van der Waals surface area contributed by atoms with Crippen molar-refractivity contribution in [3.8, 4) is 11.1 Å². The largest absolute Gasteiger partial charge is 0.294 e. The SMILES string of the molecule is CCCCc1ccc(-c2ccc(C(C)(C)C)cc2)c2c1C(=O)C1=C(C)C3(C)C(=O)C(C(C)=O)=C(C)CC3(C)CC1(C)C2. The van der Waals surface area contributed by atoms with Crippen LogP contribution in [0.5, 0.6) is 0 Å². The van der Waals surface area contributed by atoms with Gasteiger partial charge in [0.25, 0.3) is 0 Å². The molecule has 42 heavy (non-hydrogen) atoms. The van der Waals surface area contributed by atoms with E-state index >= 15 is 0 Å². The summed E-state index contributed by atoms with van der Waals surface area (Å²) in [4.78, 5) is 41.7. The Morgan fingerprint density at radius 3 is 2.14 bits per heavy atom. The fourth-order valence-electron chi connectivity index (χ4n) is 8.81. The second-order valence-electron chi connectivity index (χ2n) is 15.2. The zero-order valence-corrected chi connectivity index (χ0v) is 27.4. The molecule has 0 bridgehead atoms. The van der Waals surface area contributed by atoms with Crippen LogP contribution < -0.4 is 0 Å². The molecule has 3 heteroatoms. The van der Waals surface area contributed by atoms with Gasteiger partial charge in [0.05, 0.1) is 11.0 Å². The molecule has 222 valence electrons. The highest BCUT2D eigenvalue weighted by atomic mass is 16.2. The van der Waals surface area contributed by atoms with E-state index in [1.165, 1.54) is 12.5 Å². The average molecular weight is 565 g/mol. The van der Waals surface area contributed by atoms with Crippen molar-refractivity contribution in [3.05, 3.63) is 80.9 Å². The fraction of sp³-hybridized carbons (Fsp3) is 0.513. The van der Waals surface area contributed by atoms with Crippen molar-refractivity contribution in [2.75, 3.05) is 0 Å². The van der Waals surface area contributed by atoms with Crippen LogP contribution in [0.4, 0.5) is 0 Å². The Bertz CT molecular complexity index is 1570. The molecular formula is C39H48O3. The Hall–Kier alpha value is -3.07. The molecule has 3 nitrogen and oxygen atoms in total. The van der Waals surface area contributed by atoms with Crippen LogP contribution in [-0.4, -0.2) is 17.3 Å². The number of Topliss-reactive ketones (excluding diaryl/α,β-unsaturated/α-hetero) is 3. The topological polar surface area (TPSA) is 51.2 Å². The normalized spacial score (nSPS) is 27.6. The van der Waals surface area contributed by atoms with E-state index in [0.717, 1.165) is 76.6 Å². The quantitative estimate of drug-likeness (QED) is 0.340. The molecule has 0 amide bonds. The Morgan fingerprint density at radius 2 is 1.57 bits per heavy atom. The maximum atomic E-state index is 14.9. The number of carbonyl (C=O) groups is 3. The monoisotopic (exact) mass is 564 g/mol. The van der Waals surface area contributed by atoms with Crippen LogP contribution >= 0.6 is 0 Å². The third-order valence-electron chi connectivity index (χ3n) is 11.1. The highest BCUT2D eigenvalue weighted by molar-refractivity contribution is 6.24. The van der Waals surface area contributed by atoms with Crippen molar-refractivity contribution in [1.29, 1.82) is 0 Å². The smallest absolute Gasteiger partial charge is 0.190 e. The van der Waals surface area contributed by atoms with Crippen LogP contribution in [0, 0.1) is 16.2 Å². The van der Waals surface area contributed by atoms with Gasteiger partial charge in [-0.2, -0.15) is 0 Å². The standard InChI is InChI=1S/C39H48O3/c1-11-12-13-27-16-19-29(26-14-17-28(18-15-26)36(5,6)7)30-21-37(8)22-38(9)20-23(2)31(25(4)40)35(42)39(38,10)24(3)33(37)34(41)32(27)30/h14-19H,11-13,20-22H2,1-10H3. The van der Waals surface area contributed by atoms with Crippen LogP contribution in [0.2, 0.25) is 0 Å². The molecule has 2 aromatic carbocycles. The summed E-state index contributed by atoms with van der Waals surface area (Å²) < 4.78 is 0. The van der Waals surface area contributed by atoms with Gasteiger partial charge in [0, 0.05) is 16.6 Å². The summed E-state index contributed by atoms with van der Waals surface area (Å²) in [6.45, 7) is 20.8. The molecular weight excluding hydrogens is 516 g/mol. The molecule has 2 aromatic rings. The van der Waals surface area contributed by atoms with Crippen LogP contribution in [0.15, 0.2) is 58.7 Å². The molecule has 0 saturated carbocycles. The lowest BCUT2D eigenvalue weighted by Crippen LogP contribution is -2.57. The Kier molecular flexibility index (Phi) is 7.23. The van der Waals surface area contributed by atoms with Crippen LogP contribution in [0.1, 0.15) is 122 Å². The molecule has 5 rings (SSSR count). The van der Waals surface area contributed by atoms with Crippen molar-refractivity contribution in [2.24, 2.45) is 16.2 Å². The molecule has 0 heterocycles. The molecule has 0 radical (unpaired) electrons. The number of rotatable bonds is 5. The highest BCUT2D eigenvalue weighted by Crippen LogP contribution is 2.66. The van der Waals surface area contributed by atoms with Crippen LogP contribution in [-0.2, 0) is 27.8 Å². The maximum absolute atomic E-state index is 14.9. The lowest BCUT2D eigenvalue weighted by atomic mass is 9.42. The average Bonchev–Trinajstić information content (AvgIpc) is 2.88. The lowest BCUT2D eigenvalue weighted by Gasteiger charge is -2.59. The van der Waals surface area contributed by atoms with Gasteiger partial charge < -0.3 is 0 Å². The van der Waals surface area contributed by atoms with E-state index in [-0.39, 0.29) is 28.2 Å². The van der Waals surface area contributed by atoms with Crippen molar-refractivity contribution in [2.45, 2.75) is 113 Å². The summed E-state index contributed by atoms with van der Waals surface area (Å²) in [5.74, 6) is -0.191. The summed E-state index contributed by atoms with van der Waals surface area (Å²) in [7, 11) is 0. The molecule has 0 fully saturated rings. The first-order valence-corrected chi connectivity index (χ1v) is 15.8. The van der Waals surface area contributed by atoms with Gasteiger partial charge in [-0.1, -0.05) is 95.5 Å². The minimum absolute atomic E-state index is 0.0685. The highest BCUT2D eigenvalue weighted by Gasteiger charge is 2.63. The predicted octanol–water partition coefficient (Wildman–Crippen LogP) is 9.35. The first-order chi connectivity index (χ1) is 19.5. The lowest BCUT2D eigenvalue weighted by molar-refractivity contribution is -0.134. The van der Waals surface area contributed by atoms with Crippen molar-refractivity contribution >= 4 is 17.3 Å². The molecule has 3 aliphatic carbocycles. The van der Waals surface area contributed by atoms with E-state index in [0.29, 0.717) is 12.0 Å². The minimum atomic E-state index is -0.889. The molecule has 0 aliphatic heterocycles. The number of hydrogen-bond donors (Lipinski definition) is 0. The zero-order chi connectivity index (χ0) is 31.0. The minimum Gasteiger partial charge on any atom is -0.294 e. The Labute approximate surface area is 252 Å². The predicted molar refractivity (Wildman–Crippen MR) is 172 cm³/mol. The van der Waals surface area contributed by atoms with E-state index in [1.54, 1.807) is 0 Å². The van der Waals surface area contributed by atoms with Gasteiger partial charge in [0.1, 0.15) is 0 Å². The molecule has 0 N–H and O–H groups in total. The first kappa shape index (κ1) is 30.4. The summed E-state index contributed by atoms with van der Waals surface area (Å²) >= 11 is 0. The van der Waals surface area contributed by atoms with E-state index < -0.39 is 10.8 Å². The number of aryl methyl sites for hydroxylation is 1. The van der Waals surface area contributed by atoms with Gasteiger partial charge >= 0.3 is 0 Å². The molecule has 3 unspecified atom stereocenters. The van der Waals surface area contributed by atoms with Gasteiger partial charge in [0.15, 0.2) is 17.3 Å². The van der Waals surface area contributed by atoms with Gasteiger partial charge in [-0.25, -0.2) is 0 Å². The summed E-state index contributed by atoms with van der Waals surface area (Å²) in [5, 5.41) is 0. The second kappa shape index (κ2) is 10.00. The number of ketones is 3. The zero-order valence-electron chi connectivity index (χ0n) is 27.4. The van der Waals surface area contributed by atoms with Crippen molar-refractivity contribution in [3.63, 3.8) is 0 Å². The van der Waals surface area contributed by atoms with Crippen molar-refractivity contribution < 1.29 is 14.4 Å². The Morgan fingerprint density at radius 1 is 0.929 bits per heavy atom. The Balaban J connectivity index is 1.74. The summed E-state index contributed by atoms with van der Waals surface area (Å²) in [6.07, 6.45) is 5.12. The van der Waals surface area contributed by atoms with Gasteiger partial charge in [-0.3, -0.25) is 14.4 Å². The number of unbranched alkanes of at least 4 members (excludes halogenated alkanes) is 1. The molecule has 0 spiro atoms. The van der Waals surface area contributed by atoms with Crippen LogP contribution in [0.3, 0.4) is 0 Å². The third-order valence-corrected chi connectivity index (χ3v) is 11.1. The maximum Gasteiger partial charge on any atom is 0.190 e. The number of hydrogen-bond acceptors (Lipinski definition) is 3. The van der Waals surface area contributed by atoms with E-state index in [1.807, 2.05) is 20.8 Å². The van der Waals surface area contributed by atoms with Crippen LogP contribution in [0.25, 0.3) is 11.1 Å². The van der Waals surface area contributed by atoms with Crippen molar-refractivity contribution in [1.82, 2.24) is 0 Å². The molecule has 0 saturated heterocycles.